The molecule has 0 spiro atoms. The second-order valence-corrected chi connectivity index (χ2v) is 36.5. The van der Waals surface area contributed by atoms with Crippen LogP contribution in [0.2, 0.25) is 0 Å². The highest BCUT2D eigenvalue weighted by atomic mass is 16.8. The first-order valence-electron chi connectivity index (χ1n) is 46.0. The third-order valence-electron chi connectivity index (χ3n) is 26.0. The third kappa shape index (κ3) is 28.1. The van der Waals surface area contributed by atoms with Crippen molar-refractivity contribution in [2.24, 2.45) is 0 Å². The van der Waals surface area contributed by atoms with E-state index in [0.717, 1.165) is 41.5 Å². The summed E-state index contributed by atoms with van der Waals surface area (Å²) >= 11 is 0. The molecule has 0 radical (unpaired) electrons. The second-order valence-electron chi connectivity index (χ2n) is 36.5. The Labute approximate surface area is 821 Å². The van der Waals surface area contributed by atoms with E-state index in [1.807, 2.05) is 0 Å². The Hall–Kier alpha value is -5.71. The highest BCUT2D eigenvalue weighted by molar-refractivity contribution is 5.77. The summed E-state index contributed by atoms with van der Waals surface area (Å²) in [5.74, 6) is -10.9. The summed E-state index contributed by atoms with van der Waals surface area (Å²) < 4.78 is 119. The van der Waals surface area contributed by atoms with Crippen molar-refractivity contribution < 1.29 is 287 Å². The van der Waals surface area contributed by atoms with Gasteiger partial charge in [0.1, 0.15) is 250 Å². The summed E-state index contributed by atoms with van der Waals surface area (Å²) in [6.07, 6.45) is -107. The first-order chi connectivity index (χ1) is 68.3. The lowest BCUT2D eigenvalue weighted by Gasteiger charge is -2.51. The van der Waals surface area contributed by atoms with Crippen molar-refractivity contribution in [3.05, 3.63) is 0 Å². The zero-order valence-electron chi connectivity index (χ0n) is 78.5. The van der Waals surface area contributed by atoms with E-state index in [-0.39, 0.29) is 0 Å². The number of hydrogen-bond acceptors (Lipinski definition) is 57. The summed E-state index contributed by atoms with van der Waals surface area (Å²) in [6.45, 7) is -6.58. The van der Waals surface area contributed by atoms with Crippen molar-refractivity contribution in [1.29, 1.82) is 0 Å². The number of nitrogens with one attached hydrogen (secondary N) is 6. The quantitative estimate of drug-likeness (QED) is 0.0270. The van der Waals surface area contributed by atoms with Gasteiger partial charge in [-0.2, -0.15) is 0 Å². The minimum absolute atomic E-state index is 0.849. The predicted molar refractivity (Wildman–Crippen MR) is 450 cm³/mol. The molecule has 37 N–H and O–H groups in total. The van der Waals surface area contributed by atoms with Gasteiger partial charge in [-0.3, -0.25) is 28.8 Å². The Morgan fingerprint density at radius 3 is 1.14 bits per heavy atom. The van der Waals surface area contributed by atoms with Crippen LogP contribution in [0.4, 0.5) is 0 Å². The van der Waals surface area contributed by atoms with Crippen molar-refractivity contribution in [1.82, 2.24) is 31.9 Å². The molecule has 10 rings (SSSR count). The van der Waals surface area contributed by atoms with Gasteiger partial charge in [0, 0.05) is 48.0 Å². The zero-order valence-corrected chi connectivity index (χ0v) is 78.5. The van der Waals surface area contributed by atoms with Gasteiger partial charge in [0.15, 0.2) is 56.6 Å². The number of carbonyl (C=O) groups is 7. The Morgan fingerprint density at radius 1 is 0.331 bits per heavy atom. The average Bonchev–Trinajstić information content (AvgIpc) is 0.763. The van der Waals surface area contributed by atoms with E-state index in [0.29, 0.717) is 0 Å². The molecule has 0 aromatic rings. The molecule has 55 atom stereocenters. The van der Waals surface area contributed by atoms with Crippen LogP contribution in [0.15, 0.2) is 0 Å². The van der Waals surface area contributed by atoms with Crippen LogP contribution in [0.1, 0.15) is 54.9 Å². The van der Waals surface area contributed by atoms with Gasteiger partial charge < -0.3 is 285 Å². The molecule has 0 aliphatic carbocycles. The van der Waals surface area contributed by atoms with Crippen molar-refractivity contribution in [3.8, 4) is 0 Å². The first kappa shape index (κ1) is 121. The molecule has 6 amide bonds. The smallest absolute Gasteiger partial charge is 0.364 e. The maximum absolute atomic E-state index is 13.4. The van der Waals surface area contributed by atoms with Gasteiger partial charge >= 0.3 is 5.97 Å². The van der Waals surface area contributed by atoms with E-state index in [9.17, 15) is 192 Å². The fourth-order valence-corrected chi connectivity index (χ4v) is 18.3. The van der Waals surface area contributed by atoms with Crippen LogP contribution < -0.4 is 31.9 Å². The third-order valence-corrected chi connectivity index (χ3v) is 26.0. The zero-order chi connectivity index (χ0) is 108. The number of carboxylic acids is 1. The van der Waals surface area contributed by atoms with Crippen molar-refractivity contribution in [3.63, 3.8) is 0 Å². The molecule has 838 valence electrons. The highest BCUT2D eigenvalue weighted by Crippen LogP contribution is 2.42. The van der Waals surface area contributed by atoms with Crippen molar-refractivity contribution in [2.45, 2.75) is 392 Å². The van der Waals surface area contributed by atoms with Gasteiger partial charge in [0.2, 0.25) is 35.4 Å². The largest absolute Gasteiger partial charge is 0.477 e. The molecule has 10 heterocycles. The maximum Gasteiger partial charge on any atom is 0.364 e. The fourth-order valence-electron chi connectivity index (χ4n) is 18.3. The molecule has 0 unspecified atom stereocenters. The maximum atomic E-state index is 13.4. The van der Waals surface area contributed by atoms with Gasteiger partial charge in [0.05, 0.1) is 97.0 Å². The SMILES string of the molecule is CC(=O)N[C@H]1[C@H](O[C@@H]([C@H](O)[C@H](CO)NC(C)=O)[C@H](O)CO[C@@H]2O[C@@H](C)[C@@H](O)[C@@H](O)[C@@H]2O)O[C@H](CO)[C@@H](O[C@@H]2O[C@H](CO[C@H]3O[C@H](CO)[C@@H](O)[C@H](O)[C@@H]3O[C@@H]3O[C@H](CO)[C@@H](O[C@@H]4O[C@H](CO[C@]5(C(=O)O)C[C@H](O)[C@@H](NC(C)=O)[C@H]([C@H](O)[C@H](O)CO)O5)[C@H](O)[C@H](O)[C@H]4O)[C@H](O)[C@H]3NC(C)=O)[C@@H](O)[C@H](O[C@H]3O[C@H](CO)[C@@H](O)[C@H](O)[C@@H]3O[C@@H]3O[C@H](CO)[C@@H](O[C@@H]4O[C@H](CO)[C@H](O)[C@H](O)[C@H]4NC(C)=O)[C@H](O)[C@H]3NC(C)=O)[C@@H]2O)[C@@H]1O. The summed E-state index contributed by atoms with van der Waals surface area (Å²) in [5.41, 5.74) is 0. The van der Waals surface area contributed by atoms with Gasteiger partial charge in [0.25, 0.3) is 5.79 Å². The molecule has 145 heavy (non-hydrogen) atoms. The molecule has 0 aromatic heterocycles. The second kappa shape index (κ2) is 53.2. The molecular formula is C81H136N6O58. The van der Waals surface area contributed by atoms with Crippen LogP contribution in [-0.2, 0) is 128 Å². The lowest BCUT2D eigenvalue weighted by atomic mass is 9.88. The lowest BCUT2D eigenvalue weighted by Crippen LogP contribution is -2.71. The number of aliphatic carboxylic acids is 1. The van der Waals surface area contributed by atoms with Crippen LogP contribution in [0.3, 0.4) is 0 Å². The Morgan fingerprint density at radius 2 is 0.697 bits per heavy atom. The van der Waals surface area contributed by atoms with Gasteiger partial charge in [-0.1, -0.05) is 0 Å². The van der Waals surface area contributed by atoms with E-state index >= 15 is 0 Å². The number of ether oxygens (including phenoxy) is 20. The van der Waals surface area contributed by atoms with E-state index in [1.54, 1.807) is 0 Å². The van der Waals surface area contributed by atoms with E-state index < -0.39 is 457 Å². The molecule has 10 aliphatic rings. The first-order valence-corrected chi connectivity index (χ1v) is 46.0. The number of carbonyl (C=O) groups excluding carboxylic acids is 6. The van der Waals surface area contributed by atoms with E-state index in [2.05, 4.69) is 31.9 Å². The summed E-state index contributed by atoms with van der Waals surface area (Å²) in [7, 11) is 0. The number of aliphatic hydroxyl groups is 30. The minimum Gasteiger partial charge on any atom is -0.477 e. The lowest BCUT2D eigenvalue weighted by molar-refractivity contribution is -0.398. The number of amides is 6. The summed E-state index contributed by atoms with van der Waals surface area (Å²) in [6, 6.07) is -11.5. The molecule has 0 aromatic carbocycles. The Balaban J connectivity index is 0.978. The van der Waals surface area contributed by atoms with Crippen molar-refractivity contribution in [2.75, 3.05) is 72.7 Å². The number of hydrogen-bond donors (Lipinski definition) is 37. The molecule has 0 saturated carbocycles. The molecular weight excluding hydrogens is 1980 g/mol. The molecule has 64 nitrogen and oxygen atoms in total. The van der Waals surface area contributed by atoms with Crippen LogP contribution in [0.25, 0.3) is 0 Å². The normalized spacial score (nSPS) is 44.9. The summed E-state index contributed by atoms with van der Waals surface area (Å²) in [5, 5.41) is 364. The fraction of sp³-hybridized carbons (Fsp3) is 0.914. The van der Waals surface area contributed by atoms with E-state index in [4.69, 9.17) is 94.7 Å². The van der Waals surface area contributed by atoms with E-state index in [1.165, 1.54) is 6.92 Å². The molecule has 10 fully saturated rings. The van der Waals surface area contributed by atoms with Gasteiger partial charge in [-0.05, 0) is 6.92 Å². The molecule has 10 aliphatic heterocycles. The number of carboxylic acid groups (broad SMARTS) is 1. The topological polar surface area (TPSA) is 1000 Å². The highest BCUT2D eigenvalue weighted by Gasteiger charge is 2.64. The average molecular weight is 2120 g/mol. The van der Waals surface area contributed by atoms with Crippen LogP contribution in [-0.4, -0.2) is 609 Å². The minimum atomic E-state index is -3.12. The van der Waals surface area contributed by atoms with Gasteiger partial charge in [-0.25, -0.2) is 4.79 Å². The number of aliphatic hydroxyl groups excluding tert-OH is 30. The Bertz CT molecular complexity index is 4090. The Kier molecular flexibility index (Phi) is 44.5. The predicted octanol–water partition coefficient (Wildman–Crippen LogP) is -24.2. The molecule has 10 saturated heterocycles. The van der Waals surface area contributed by atoms with Crippen LogP contribution in [0, 0.1) is 0 Å². The number of rotatable bonds is 43. The monoisotopic (exact) mass is 2120 g/mol. The molecule has 0 bridgehead atoms. The van der Waals surface area contributed by atoms with Crippen LogP contribution in [0.5, 0.6) is 0 Å². The molecule has 64 heteroatoms. The van der Waals surface area contributed by atoms with Crippen molar-refractivity contribution >= 4 is 41.4 Å². The standard InChI is InChI=1S/C81H136N6O58/c1-20-44(105)56(117)60(121)75(129-20)126-17-30(104)63(45(106)27(9-88)82-21(2)96)138-72-41(85-24(5)99)54(115)66(36(16-95)133-72)141-77-62(123)68(142-79-70(59(120)49(110)33(13-92)132-79)144-74-42(86-25(6)100)53(114)64(34(14-93)134-74)139-71-40(84-23(4)98)52(113)47(108)31(11-90)130-71)51(112)37(136-77)18-127-78-69(58(119)48(109)32(12-91)131-78)143-73-43(87-26(7)101)55(116)65(35(15-94)135-73)140-76-61(122)57(118)50(111)38(137-76)19-128-81(80(124)125)8-28(102)39(83-22(3)97)67(145-81)46(107)29(103)10-89/h20,27-79,88-95,102-123H,8-19H2,1-7H3,(H,82,96)(H,83,97)(H,84,98)(H,85,99)(H,86,100)(H,87,101)(H,124,125)/t20-,27-,28-,29+,30+,31+,32+,33+,34+,35+,36+,37+,38+,39+,40+,41+,42+,43+,44+,45+,46+,47-,48+,49+,50-,51+,52+,53+,54+,55+,56+,57-,58-,59-,60-,61+,62-,63+,64+,65+,66+,67+,68-,69-,70-,71-,72-,73-,74-,75+,76-,77-,78-,79+,81+/m0/s1. The van der Waals surface area contributed by atoms with Crippen LogP contribution >= 0.6 is 0 Å². The summed E-state index contributed by atoms with van der Waals surface area (Å²) in [4.78, 5) is 90.0. The van der Waals surface area contributed by atoms with Gasteiger partial charge in [-0.15, -0.1) is 0 Å².